The minimum Gasteiger partial charge on any atom is -0.481 e. The molecule has 0 radical (unpaired) electrons. The Kier molecular flexibility index (Phi) is 3.27. The number of amides is 1. The van der Waals surface area contributed by atoms with E-state index in [1.54, 1.807) is 0 Å². The van der Waals surface area contributed by atoms with Gasteiger partial charge in [0.05, 0.1) is 24.0 Å². The van der Waals surface area contributed by atoms with Crippen LogP contribution in [0.3, 0.4) is 0 Å². The second kappa shape index (κ2) is 4.72. The number of hydrogen-bond donors (Lipinski definition) is 1. The molecule has 2 saturated carbocycles. The summed E-state index contributed by atoms with van der Waals surface area (Å²) in [6, 6.07) is -0.694. The van der Waals surface area contributed by atoms with E-state index < -0.39 is 21.8 Å². The van der Waals surface area contributed by atoms with Crippen molar-refractivity contribution in [1.82, 2.24) is 4.90 Å². The Morgan fingerprint density at radius 3 is 2.45 bits per heavy atom. The van der Waals surface area contributed by atoms with Gasteiger partial charge in [-0.1, -0.05) is 6.42 Å². The Morgan fingerprint density at radius 1 is 1.20 bits per heavy atom. The standard InChI is InChI=1S/C13H19NO5S/c15-11(16)6-8-7-20(18,19)5-4-14(8)13(17)12-9-2-1-3-10(9)12/h8-10,12H,1-7H2,(H,15,16). The van der Waals surface area contributed by atoms with E-state index in [2.05, 4.69) is 0 Å². The van der Waals surface area contributed by atoms with Crippen molar-refractivity contribution in [3.63, 3.8) is 0 Å². The maximum absolute atomic E-state index is 12.5. The number of nitrogens with zero attached hydrogens (tertiary/aromatic N) is 1. The van der Waals surface area contributed by atoms with Crippen molar-refractivity contribution in [1.29, 1.82) is 0 Å². The average Bonchev–Trinajstić information content (AvgIpc) is 2.80. The van der Waals surface area contributed by atoms with Gasteiger partial charge in [0, 0.05) is 12.5 Å². The summed E-state index contributed by atoms with van der Waals surface area (Å²) in [4.78, 5) is 24.9. The van der Waals surface area contributed by atoms with Gasteiger partial charge in [-0.15, -0.1) is 0 Å². The fraction of sp³-hybridized carbons (Fsp3) is 0.846. The number of carboxylic acid groups (broad SMARTS) is 1. The van der Waals surface area contributed by atoms with Crippen LogP contribution in [-0.4, -0.2) is 54.4 Å². The van der Waals surface area contributed by atoms with Crippen molar-refractivity contribution in [3.05, 3.63) is 0 Å². The molecule has 3 atom stereocenters. The van der Waals surface area contributed by atoms with E-state index in [4.69, 9.17) is 5.11 Å². The van der Waals surface area contributed by atoms with Gasteiger partial charge in [-0.3, -0.25) is 9.59 Å². The number of sulfone groups is 1. The van der Waals surface area contributed by atoms with E-state index >= 15 is 0 Å². The summed E-state index contributed by atoms with van der Waals surface area (Å²) < 4.78 is 23.3. The molecule has 1 aliphatic heterocycles. The van der Waals surface area contributed by atoms with E-state index in [9.17, 15) is 18.0 Å². The molecule has 0 aromatic rings. The summed E-state index contributed by atoms with van der Waals surface area (Å²) in [6.45, 7) is 0.148. The molecule has 3 unspecified atom stereocenters. The zero-order chi connectivity index (χ0) is 14.5. The molecule has 7 heteroatoms. The topological polar surface area (TPSA) is 91.8 Å². The number of carboxylic acids is 1. The molecule has 112 valence electrons. The summed E-state index contributed by atoms with van der Waals surface area (Å²) in [5, 5.41) is 8.92. The van der Waals surface area contributed by atoms with E-state index in [1.165, 1.54) is 11.3 Å². The predicted molar refractivity (Wildman–Crippen MR) is 70.7 cm³/mol. The Bertz CT molecular complexity index is 533. The highest BCUT2D eigenvalue weighted by Gasteiger charge is 2.58. The van der Waals surface area contributed by atoms with Gasteiger partial charge in [-0.25, -0.2) is 8.42 Å². The third-order valence-electron chi connectivity index (χ3n) is 4.92. The van der Waals surface area contributed by atoms with Crippen LogP contribution in [0.1, 0.15) is 25.7 Å². The van der Waals surface area contributed by atoms with Crippen molar-refractivity contribution in [2.75, 3.05) is 18.1 Å². The first-order valence-electron chi connectivity index (χ1n) is 7.12. The van der Waals surface area contributed by atoms with Crippen LogP contribution in [0.15, 0.2) is 0 Å². The highest BCUT2D eigenvalue weighted by atomic mass is 32.2. The number of carbonyl (C=O) groups is 2. The third kappa shape index (κ3) is 2.43. The third-order valence-corrected chi connectivity index (χ3v) is 6.61. The van der Waals surface area contributed by atoms with Gasteiger partial charge in [0.15, 0.2) is 9.84 Å². The number of aliphatic carboxylic acids is 1. The largest absolute Gasteiger partial charge is 0.481 e. The Hall–Kier alpha value is -1.11. The fourth-order valence-corrected chi connectivity index (χ4v) is 5.45. The molecule has 0 spiro atoms. The highest BCUT2D eigenvalue weighted by molar-refractivity contribution is 7.91. The first-order chi connectivity index (χ1) is 9.39. The Balaban J connectivity index is 1.73. The predicted octanol–water partition coefficient (Wildman–Crippen LogP) is 0.133. The van der Waals surface area contributed by atoms with Gasteiger partial charge in [0.2, 0.25) is 5.91 Å². The van der Waals surface area contributed by atoms with Gasteiger partial charge in [-0.2, -0.15) is 0 Å². The fourth-order valence-electron chi connectivity index (χ4n) is 3.93. The highest BCUT2D eigenvalue weighted by Crippen LogP contribution is 2.58. The molecule has 1 N–H and O–H groups in total. The average molecular weight is 301 g/mol. The van der Waals surface area contributed by atoms with Gasteiger partial charge < -0.3 is 10.0 Å². The van der Waals surface area contributed by atoms with Crippen LogP contribution in [-0.2, 0) is 19.4 Å². The van der Waals surface area contributed by atoms with Crippen LogP contribution in [0.2, 0.25) is 0 Å². The first kappa shape index (κ1) is 13.9. The molecular weight excluding hydrogens is 282 g/mol. The van der Waals surface area contributed by atoms with Crippen molar-refractivity contribution in [3.8, 4) is 0 Å². The molecule has 1 amide bonds. The second-order valence-electron chi connectivity index (χ2n) is 6.18. The minimum absolute atomic E-state index is 0.0131. The van der Waals surface area contributed by atoms with Crippen molar-refractivity contribution >= 4 is 21.7 Å². The molecule has 0 aromatic carbocycles. The number of carbonyl (C=O) groups excluding carboxylic acids is 1. The van der Waals surface area contributed by atoms with Crippen molar-refractivity contribution in [2.45, 2.75) is 31.7 Å². The Morgan fingerprint density at radius 2 is 1.85 bits per heavy atom. The quantitative estimate of drug-likeness (QED) is 0.800. The first-order valence-corrected chi connectivity index (χ1v) is 8.94. The van der Waals surface area contributed by atoms with E-state index in [0.717, 1.165) is 12.8 Å². The molecule has 0 bridgehead atoms. The minimum atomic E-state index is -3.23. The number of rotatable bonds is 3. The number of fused-ring (bicyclic) bond motifs is 1. The lowest BCUT2D eigenvalue weighted by molar-refractivity contribution is -0.141. The molecule has 20 heavy (non-hydrogen) atoms. The van der Waals surface area contributed by atoms with Crippen molar-refractivity contribution in [2.24, 2.45) is 17.8 Å². The van der Waals surface area contributed by atoms with Gasteiger partial charge >= 0.3 is 5.97 Å². The number of hydrogen-bond acceptors (Lipinski definition) is 4. The molecule has 1 saturated heterocycles. The molecule has 2 aliphatic carbocycles. The van der Waals surface area contributed by atoms with E-state index in [0.29, 0.717) is 11.8 Å². The molecule has 0 aromatic heterocycles. The zero-order valence-corrected chi connectivity index (χ0v) is 12.0. The summed E-state index contributed by atoms with van der Waals surface area (Å²) in [7, 11) is -3.23. The Labute approximate surface area is 118 Å². The van der Waals surface area contributed by atoms with Gasteiger partial charge in [0.1, 0.15) is 0 Å². The second-order valence-corrected chi connectivity index (χ2v) is 8.41. The van der Waals surface area contributed by atoms with Crippen LogP contribution < -0.4 is 0 Å². The maximum Gasteiger partial charge on any atom is 0.305 e. The van der Waals surface area contributed by atoms with Gasteiger partial charge in [-0.05, 0) is 24.7 Å². The molecule has 6 nitrogen and oxygen atoms in total. The summed E-state index contributed by atoms with van der Waals surface area (Å²) >= 11 is 0. The van der Waals surface area contributed by atoms with Gasteiger partial charge in [0.25, 0.3) is 0 Å². The van der Waals surface area contributed by atoms with Crippen LogP contribution in [0.4, 0.5) is 0 Å². The van der Waals surface area contributed by atoms with Crippen molar-refractivity contribution < 1.29 is 23.1 Å². The SMILES string of the molecule is O=C(O)CC1CS(=O)(=O)CCN1C(=O)C1C2CCCC21. The smallest absolute Gasteiger partial charge is 0.305 e. The molecule has 3 rings (SSSR count). The van der Waals surface area contributed by atoms with E-state index in [1.807, 2.05) is 0 Å². The van der Waals surface area contributed by atoms with Crippen LogP contribution in [0.25, 0.3) is 0 Å². The molecule has 3 fully saturated rings. The molecule has 1 heterocycles. The summed E-state index contributed by atoms with van der Waals surface area (Å²) in [6.07, 6.45) is 3.05. The lowest BCUT2D eigenvalue weighted by Crippen LogP contribution is -2.52. The summed E-state index contributed by atoms with van der Waals surface area (Å²) in [5.41, 5.74) is 0. The normalized spacial score (nSPS) is 38.3. The zero-order valence-electron chi connectivity index (χ0n) is 11.2. The monoisotopic (exact) mass is 301 g/mol. The lowest BCUT2D eigenvalue weighted by atomic mass is 10.1. The lowest BCUT2D eigenvalue weighted by Gasteiger charge is -2.35. The molecular formula is C13H19NO5S. The van der Waals surface area contributed by atoms with Crippen LogP contribution in [0, 0.1) is 17.8 Å². The van der Waals surface area contributed by atoms with Crippen LogP contribution in [0.5, 0.6) is 0 Å². The maximum atomic E-state index is 12.5. The van der Waals surface area contributed by atoms with E-state index in [-0.39, 0.29) is 36.3 Å². The van der Waals surface area contributed by atoms with Crippen LogP contribution >= 0.6 is 0 Å². The summed E-state index contributed by atoms with van der Waals surface area (Å²) in [5.74, 6) is -0.370. The molecule has 3 aliphatic rings.